The van der Waals surface area contributed by atoms with Crippen molar-refractivity contribution >= 4 is 40.0 Å². The summed E-state index contributed by atoms with van der Waals surface area (Å²) in [6.45, 7) is 6.49. The Kier molecular flexibility index (Phi) is 5.04. The van der Waals surface area contributed by atoms with E-state index in [4.69, 9.17) is 4.74 Å². The van der Waals surface area contributed by atoms with E-state index in [1.807, 2.05) is 11.8 Å². The summed E-state index contributed by atoms with van der Waals surface area (Å²) in [4.78, 5) is 30.5. The highest BCUT2D eigenvalue weighted by atomic mass is 32.2. The van der Waals surface area contributed by atoms with E-state index in [2.05, 4.69) is 16.8 Å². The van der Waals surface area contributed by atoms with Crippen LogP contribution in [0.3, 0.4) is 0 Å². The number of esters is 1. The van der Waals surface area contributed by atoms with Crippen LogP contribution < -0.4 is 4.90 Å². The summed E-state index contributed by atoms with van der Waals surface area (Å²) in [6, 6.07) is 0.356. The van der Waals surface area contributed by atoms with E-state index in [-0.39, 0.29) is 18.1 Å². The van der Waals surface area contributed by atoms with E-state index in [1.54, 1.807) is 6.92 Å². The number of hydrogen-bond donors (Lipinski definition) is 0. The molecule has 0 amide bonds. The maximum absolute atomic E-state index is 11.9. The highest BCUT2D eigenvalue weighted by Gasteiger charge is 2.27. The molecule has 2 heterocycles. The summed E-state index contributed by atoms with van der Waals surface area (Å²) in [6.07, 6.45) is 0. The molecule has 110 valence electrons. The van der Waals surface area contributed by atoms with Crippen LogP contribution in [0.2, 0.25) is 0 Å². The highest BCUT2D eigenvalue weighted by molar-refractivity contribution is 7.99. The molecule has 0 aromatic carbocycles. The van der Waals surface area contributed by atoms with Gasteiger partial charge in [0.2, 0.25) is 0 Å². The van der Waals surface area contributed by atoms with Gasteiger partial charge in [-0.1, -0.05) is 11.3 Å². The molecule has 1 aliphatic heterocycles. The van der Waals surface area contributed by atoms with Gasteiger partial charge in [0.15, 0.2) is 16.6 Å². The molecule has 1 saturated heterocycles. The minimum absolute atomic E-state index is 0.143. The Morgan fingerprint density at radius 2 is 2.25 bits per heavy atom. The molecular weight excluding hydrogens is 296 g/mol. The van der Waals surface area contributed by atoms with Crippen LogP contribution in [-0.4, -0.2) is 47.4 Å². The molecule has 0 bridgehead atoms. The second-order valence-corrected chi connectivity index (χ2v) is 6.70. The van der Waals surface area contributed by atoms with E-state index in [0.29, 0.717) is 10.9 Å². The van der Waals surface area contributed by atoms with E-state index >= 15 is 0 Å². The van der Waals surface area contributed by atoms with E-state index in [9.17, 15) is 9.59 Å². The molecule has 0 radical (unpaired) electrons. The molecule has 1 fully saturated rings. The Hall–Kier alpha value is -1.08. The van der Waals surface area contributed by atoms with Gasteiger partial charge in [0.1, 0.15) is 4.88 Å². The van der Waals surface area contributed by atoms with Crippen LogP contribution in [0.1, 0.15) is 40.9 Å². The number of Topliss-reactive ketones (excluding diaryl/α,β-unsaturated/α-hetero) is 1. The van der Waals surface area contributed by atoms with E-state index < -0.39 is 5.97 Å². The number of rotatable bonds is 4. The van der Waals surface area contributed by atoms with Gasteiger partial charge in [-0.3, -0.25) is 4.79 Å². The monoisotopic (exact) mass is 314 g/mol. The van der Waals surface area contributed by atoms with E-state index in [0.717, 1.165) is 23.2 Å². The number of hydrogen-bond acceptors (Lipinski definition) is 7. The number of anilines is 1. The average Bonchev–Trinajstić information content (AvgIpc) is 2.84. The van der Waals surface area contributed by atoms with Crippen molar-refractivity contribution in [1.29, 1.82) is 0 Å². The van der Waals surface area contributed by atoms with Crippen molar-refractivity contribution in [3.05, 3.63) is 10.6 Å². The predicted octanol–water partition coefficient (Wildman–Crippen LogP) is 2.46. The van der Waals surface area contributed by atoms with Crippen molar-refractivity contribution in [2.75, 3.05) is 29.6 Å². The third-order valence-electron chi connectivity index (χ3n) is 3.02. The minimum atomic E-state index is -0.515. The Labute approximate surface area is 126 Å². The molecule has 1 atom stereocenters. The lowest BCUT2D eigenvalue weighted by Crippen LogP contribution is -2.40. The Morgan fingerprint density at radius 3 is 2.85 bits per heavy atom. The summed E-state index contributed by atoms with van der Waals surface area (Å²) in [5.41, 5.74) is 0.157. The molecule has 20 heavy (non-hydrogen) atoms. The second-order valence-electron chi connectivity index (χ2n) is 4.57. The largest absolute Gasteiger partial charge is 0.461 e. The molecular formula is C13H18N2O3S2. The third kappa shape index (κ3) is 3.15. The molecule has 0 aliphatic carbocycles. The number of nitrogens with zero attached hydrogens (tertiary/aromatic N) is 2. The summed E-state index contributed by atoms with van der Waals surface area (Å²) >= 11 is 3.20. The van der Waals surface area contributed by atoms with Crippen LogP contribution >= 0.6 is 23.1 Å². The van der Waals surface area contributed by atoms with Gasteiger partial charge in [-0.05, 0) is 13.8 Å². The number of ketones is 1. The fourth-order valence-electron chi connectivity index (χ4n) is 2.02. The first-order chi connectivity index (χ1) is 9.54. The van der Waals surface area contributed by atoms with Crippen LogP contribution in [0.5, 0.6) is 0 Å². The molecule has 1 aromatic rings. The van der Waals surface area contributed by atoms with Crippen molar-refractivity contribution in [2.24, 2.45) is 0 Å². The van der Waals surface area contributed by atoms with E-state index in [1.165, 1.54) is 18.3 Å². The van der Waals surface area contributed by atoms with Crippen molar-refractivity contribution in [1.82, 2.24) is 4.98 Å². The third-order valence-corrected chi connectivity index (χ3v) is 5.40. The number of ether oxygens (including phenoxy) is 1. The summed E-state index contributed by atoms with van der Waals surface area (Å²) in [5.74, 6) is 1.41. The molecule has 1 aliphatic rings. The quantitative estimate of drug-likeness (QED) is 0.628. The van der Waals surface area contributed by atoms with Gasteiger partial charge >= 0.3 is 5.97 Å². The normalized spacial score (nSPS) is 18.9. The Bertz CT molecular complexity index is 516. The summed E-state index contributed by atoms with van der Waals surface area (Å²) in [7, 11) is 0. The second kappa shape index (κ2) is 6.58. The smallest absolute Gasteiger partial charge is 0.358 e. The van der Waals surface area contributed by atoms with Gasteiger partial charge in [-0.25, -0.2) is 9.78 Å². The number of carbonyl (C=O) groups is 2. The first-order valence-electron chi connectivity index (χ1n) is 6.57. The number of aromatic nitrogens is 1. The maximum atomic E-state index is 11.9. The zero-order valence-electron chi connectivity index (χ0n) is 11.8. The van der Waals surface area contributed by atoms with Crippen LogP contribution in [0.15, 0.2) is 0 Å². The van der Waals surface area contributed by atoms with Gasteiger partial charge < -0.3 is 9.64 Å². The summed E-state index contributed by atoms with van der Waals surface area (Å²) in [5, 5.41) is 0.742. The Balaban J connectivity index is 2.33. The zero-order valence-corrected chi connectivity index (χ0v) is 13.5. The summed E-state index contributed by atoms with van der Waals surface area (Å²) < 4.78 is 4.98. The average molecular weight is 314 g/mol. The lowest BCUT2D eigenvalue weighted by molar-refractivity contribution is 0.0517. The fraction of sp³-hybridized carbons (Fsp3) is 0.615. The van der Waals surface area contributed by atoms with Crippen molar-refractivity contribution in [2.45, 2.75) is 26.8 Å². The highest BCUT2D eigenvalue weighted by Crippen LogP contribution is 2.31. The van der Waals surface area contributed by atoms with Crippen LogP contribution in [0.4, 0.5) is 5.13 Å². The lowest BCUT2D eigenvalue weighted by atomic mass is 10.3. The molecule has 0 spiro atoms. The molecule has 5 nitrogen and oxygen atoms in total. The lowest BCUT2D eigenvalue weighted by Gasteiger charge is -2.32. The molecule has 0 N–H and O–H groups in total. The maximum Gasteiger partial charge on any atom is 0.358 e. The van der Waals surface area contributed by atoms with Gasteiger partial charge in [-0.15, -0.1) is 0 Å². The zero-order chi connectivity index (χ0) is 14.7. The van der Waals surface area contributed by atoms with Gasteiger partial charge in [0.05, 0.1) is 6.61 Å². The van der Waals surface area contributed by atoms with Gasteiger partial charge in [0.25, 0.3) is 0 Å². The minimum Gasteiger partial charge on any atom is -0.461 e. The number of thioether (sulfide) groups is 1. The Morgan fingerprint density at radius 1 is 1.50 bits per heavy atom. The van der Waals surface area contributed by atoms with Gasteiger partial charge in [-0.2, -0.15) is 11.8 Å². The SMILES string of the molecule is CCOC(=O)c1nc(N2CCSCC2C)sc1C(C)=O. The van der Waals surface area contributed by atoms with Crippen molar-refractivity contribution < 1.29 is 14.3 Å². The van der Waals surface area contributed by atoms with Crippen molar-refractivity contribution in [3.63, 3.8) is 0 Å². The molecule has 1 unspecified atom stereocenters. The molecule has 7 heteroatoms. The fourth-order valence-corrected chi connectivity index (χ4v) is 4.11. The number of carbonyl (C=O) groups excluding carboxylic acids is 2. The van der Waals surface area contributed by atoms with Gasteiger partial charge in [0, 0.05) is 31.0 Å². The van der Waals surface area contributed by atoms with Crippen molar-refractivity contribution in [3.8, 4) is 0 Å². The molecule has 1 aromatic heterocycles. The van der Waals surface area contributed by atoms with Crippen LogP contribution in [0, 0.1) is 0 Å². The first kappa shape index (κ1) is 15.3. The predicted molar refractivity (Wildman–Crippen MR) is 82.2 cm³/mol. The topological polar surface area (TPSA) is 59.5 Å². The van der Waals surface area contributed by atoms with Crippen LogP contribution in [-0.2, 0) is 4.74 Å². The molecule has 2 rings (SSSR count). The first-order valence-corrected chi connectivity index (χ1v) is 8.55. The number of thiazole rings is 1. The standard InChI is InChI=1S/C13H18N2O3S2/c1-4-18-12(17)10-11(9(3)16)20-13(14-10)15-5-6-19-7-8(15)2/h8H,4-7H2,1-3H3. The van der Waals surface area contributed by atoms with Crippen LogP contribution in [0.25, 0.3) is 0 Å². The molecule has 0 saturated carbocycles.